The van der Waals surface area contributed by atoms with Gasteiger partial charge in [0.1, 0.15) is 11.5 Å². The third-order valence-corrected chi connectivity index (χ3v) is 3.63. The van der Waals surface area contributed by atoms with E-state index >= 15 is 0 Å². The minimum atomic E-state index is -1.73. The normalized spacial score (nSPS) is 12.1. The summed E-state index contributed by atoms with van der Waals surface area (Å²) in [5.74, 6) is 1.42. The van der Waals surface area contributed by atoms with Crippen molar-refractivity contribution in [2.45, 2.75) is 39.3 Å². The molecule has 100 valence electrons. The number of rotatable bonds is 5. The van der Waals surface area contributed by atoms with Crippen molar-refractivity contribution in [1.29, 1.82) is 0 Å². The quantitative estimate of drug-likeness (QED) is 0.606. The van der Waals surface area contributed by atoms with Crippen LogP contribution in [0.25, 0.3) is 0 Å². The minimum absolute atomic E-state index is 0.584. The Bertz CT molecular complexity index is 431. The van der Waals surface area contributed by atoms with E-state index in [4.69, 9.17) is 8.85 Å². The molecule has 0 unspecified atom stereocenters. The Morgan fingerprint density at radius 2 is 1.50 bits per heavy atom. The van der Waals surface area contributed by atoms with E-state index in [0.717, 1.165) is 12.0 Å². The zero-order chi connectivity index (χ0) is 14.0. The molecule has 3 nitrogen and oxygen atoms in total. The summed E-state index contributed by atoms with van der Waals surface area (Å²) in [4.78, 5) is 11.0. The first-order chi connectivity index (χ1) is 8.11. The SMILES string of the molecule is C[Si](C)(C)Oc1ccc(C=O)c(O[Si](C)(C)C)c1. The zero-order valence-corrected chi connectivity index (χ0v) is 14.0. The Kier molecular flexibility index (Phi) is 4.39. The van der Waals surface area contributed by atoms with E-state index in [1.54, 1.807) is 6.07 Å². The Balaban J connectivity index is 3.06. The molecule has 0 bridgehead atoms. The maximum Gasteiger partial charge on any atom is 0.242 e. The predicted molar refractivity (Wildman–Crippen MR) is 79.8 cm³/mol. The molecule has 0 amide bonds. The van der Waals surface area contributed by atoms with E-state index in [-0.39, 0.29) is 0 Å². The van der Waals surface area contributed by atoms with Gasteiger partial charge in [-0.2, -0.15) is 0 Å². The monoisotopic (exact) mass is 282 g/mol. The van der Waals surface area contributed by atoms with Gasteiger partial charge in [0.25, 0.3) is 0 Å². The van der Waals surface area contributed by atoms with Gasteiger partial charge in [-0.25, -0.2) is 0 Å². The van der Waals surface area contributed by atoms with Crippen molar-refractivity contribution < 1.29 is 13.6 Å². The number of benzene rings is 1. The van der Waals surface area contributed by atoms with Crippen LogP contribution in [0.4, 0.5) is 0 Å². The molecule has 0 N–H and O–H groups in total. The summed E-state index contributed by atoms with van der Waals surface area (Å²) in [6.45, 7) is 12.6. The first-order valence-corrected chi connectivity index (χ1v) is 12.9. The lowest BCUT2D eigenvalue weighted by Gasteiger charge is -2.23. The molecule has 0 radical (unpaired) electrons. The molecule has 0 heterocycles. The number of aldehydes is 1. The topological polar surface area (TPSA) is 35.5 Å². The lowest BCUT2D eigenvalue weighted by atomic mass is 10.2. The van der Waals surface area contributed by atoms with E-state index < -0.39 is 16.6 Å². The van der Waals surface area contributed by atoms with Crippen molar-refractivity contribution in [2.24, 2.45) is 0 Å². The second-order valence-corrected chi connectivity index (χ2v) is 15.1. The van der Waals surface area contributed by atoms with Gasteiger partial charge in [0.2, 0.25) is 16.6 Å². The third-order valence-electron chi connectivity index (χ3n) is 1.95. The molecule has 1 rings (SSSR count). The molecule has 0 aliphatic carbocycles. The summed E-state index contributed by atoms with van der Waals surface area (Å²) in [5, 5.41) is 0. The highest BCUT2D eigenvalue weighted by molar-refractivity contribution is 6.70. The van der Waals surface area contributed by atoms with Crippen molar-refractivity contribution in [3.05, 3.63) is 23.8 Å². The van der Waals surface area contributed by atoms with Gasteiger partial charge < -0.3 is 8.85 Å². The fraction of sp³-hybridized carbons (Fsp3) is 0.462. The maximum absolute atomic E-state index is 11.0. The maximum atomic E-state index is 11.0. The van der Waals surface area contributed by atoms with Crippen LogP contribution in [0.15, 0.2) is 18.2 Å². The summed E-state index contributed by atoms with van der Waals surface area (Å²) in [6, 6.07) is 5.43. The molecule has 0 atom stereocenters. The van der Waals surface area contributed by atoms with Gasteiger partial charge in [0.15, 0.2) is 6.29 Å². The zero-order valence-electron chi connectivity index (χ0n) is 12.0. The molecule has 0 saturated carbocycles. The Labute approximate surface area is 111 Å². The van der Waals surface area contributed by atoms with Crippen molar-refractivity contribution in [3.8, 4) is 11.5 Å². The average molecular weight is 282 g/mol. The molecule has 1 aromatic rings. The van der Waals surface area contributed by atoms with E-state index in [2.05, 4.69) is 39.3 Å². The van der Waals surface area contributed by atoms with Crippen molar-refractivity contribution in [3.63, 3.8) is 0 Å². The second-order valence-electron chi connectivity index (χ2n) is 6.25. The van der Waals surface area contributed by atoms with Crippen LogP contribution < -0.4 is 8.85 Å². The van der Waals surface area contributed by atoms with Crippen LogP contribution in [0, 0.1) is 0 Å². The van der Waals surface area contributed by atoms with Crippen LogP contribution in [0.2, 0.25) is 39.3 Å². The highest BCUT2D eigenvalue weighted by Gasteiger charge is 2.20. The van der Waals surface area contributed by atoms with Crippen LogP contribution >= 0.6 is 0 Å². The van der Waals surface area contributed by atoms with E-state index in [1.165, 1.54) is 0 Å². The van der Waals surface area contributed by atoms with Crippen molar-refractivity contribution >= 4 is 22.9 Å². The predicted octanol–water partition coefficient (Wildman–Crippen LogP) is 3.93. The van der Waals surface area contributed by atoms with Gasteiger partial charge in [-0.15, -0.1) is 0 Å². The highest BCUT2D eigenvalue weighted by Crippen LogP contribution is 2.27. The van der Waals surface area contributed by atoms with Gasteiger partial charge in [-0.05, 0) is 51.4 Å². The first kappa shape index (κ1) is 15.0. The summed E-state index contributed by atoms with van der Waals surface area (Å²) >= 11 is 0. The van der Waals surface area contributed by atoms with Gasteiger partial charge in [-0.1, -0.05) is 0 Å². The summed E-state index contributed by atoms with van der Waals surface area (Å²) in [5.41, 5.74) is 0.584. The smallest absolute Gasteiger partial charge is 0.242 e. The van der Waals surface area contributed by atoms with Crippen LogP contribution in [0.3, 0.4) is 0 Å². The molecule has 1 aromatic carbocycles. The van der Waals surface area contributed by atoms with Gasteiger partial charge in [0, 0.05) is 6.07 Å². The minimum Gasteiger partial charge on any atom is -0.544 e. The van der Waals surface area contributed by atoms with Crippen LogP contribution in [0.5, 0.6) is 11.5 Å². The summed E-state index contributed by atoms with van der Waals surface area (Å²) in [7, 11) is -3.37. The van der Waals surface area contributed by atoms with Gasteiger partial charge >= 0.3 is 0 Å². The Morgan fingerprint density at radius 3 is 1.94 bits per heavy atom. The number of carbonyl (C=O) groups excluding carboxylic acids is 1. The molecule has 0 fully saturated rings. The molecule has 0 spiro atoms. The molecule has 0 aliphatic heterocycles. The number of carbonyl (C=O) groups is 1. The number of hydrogen-bond donors (Lipinski definition) is 0. The molecular weight excluding hydrogens is 260 g/mol. The van der Waals surface area contributed by atoms with E-state index in [9.17, 15) is 4.79 Å². The van der Waals surface area contributed by atoms with Crippen molar-refractivity contribution in [2.75, 3.05) is 0 Å². The van der Waals surface area contributed by atoms with E-state index in [0.29, 0.717) is 11.3 Å². The molecule has 5 heteroatoms. The van der Waals surface area contributed by atoms with Crippen molar-refractivity contribution in [1.82, 2.24) is 0 Å². The lowest BCUT2D eigenvalue weighted by Crippen LogP contribution is -2.31. The van der Waals surface area contributed by atoms with Gasteiger partial charge in [0.05, 0.1) is 5.56 Å². The Hall–Kier alpha value is -1.08. The van der Waals surface area contributed by atoms with Crippen LogP contribution in [-0.2, 0) is 0 Å². The molecular formula is C13H22O3Si2. The van der Waals surface area contributed by atoms with E-state index in [1.807, 2.05) is 12.1 Å². The van der Waals surface area contributed by atoms with Gasteiger partial charge in [-0.3, -0.25) is 4.79 Å². The highest BCUT2D eigenvalue weighted by atomic mass is 28.4. The molecule has 0 saturated heterocycles. The van der Waals surface area contributed by atoms with Crippen LogP contribution in [-0.4, -0.2) is 22.9 Å². The summed E-state index contributed by atoms with van der Waals surface area (Å²) < 4.78 is 11.8. The standard InChI is InChI=1S/C13H22O3Si2/c1-17(2,3)15-12-8-7-11(10-14)13(9-12)16-18(4,5)6/h7-10H,1-6H3. The fourth-order valence-corrected chi connectivity index (χ4v) is 3.12. The first-order valence-electron chi connectivity index (χ1n) is 6.08. The average Bonchev–Trinajstić information content (AvgIpc) is 2.12. The fourth-order valence-electron chi connectivity index (χ4n) is 1.45. The second kappa shape index (κ2) is 5.28. The largest absolute Gasteiger partial charge is 0.544 e. The third kappa shape index (κ3) is 5.06. The Morgan fingerprint density at radius 1 is 0.944 bits per heavy atom. The number of hydrogen-bond acceptors (Lipinski definition) is 3. The summed E-state index contributed by atoms with van der Waals surface area (Å²) in [6.07, 6.45) is 0.827. The molecule has 18 heavy (non-hydrogen) atoms. The molecule has 0 aliphatic rings. The molecule has 0 aromatic heterocycles. The van der Waals surface area contributed by atoms with Crippen LogP contribution in [0.1, 0.15) is 10.4 Å². The lowest BCUT2D eigenvalue weighted by molar-refractivity contribution is 0.112.